The normalized spacial score (nSPS) is 13.5. The van der Waals surface area contributed by atoms with Crippen LogP contribution in [0.4, 0.5) is 0 Å². The number of nitrogens with zero attached hydrogens (tertiary/aromatic N) is 1. The number of rotatable bonds is 6. The molecule has 0 aliphatic heterocycles. The highest BCUT2D eigenvalue weighted by atomic mass is 32.2. The minimum Gasteiger partial charge on any atom is -0.465 e. The summed E-state index contributed by atoms with van der Waals surface area (Å²) in [6.07, 6.45) is 0. The summed E-state index contributed by atoms with van der Waals surface area (Å²) in [7, 11) is -2.42. The molecule has 8 heteroatoms. The highest BCUT2D eigenvalue weighted by Gasteiger charge is 2.27. The summed E-state index contributed by atoms with van der Waals surface area (Å²) in [6, 6.07) is -0.630. The second kappa shape index (κ2) is 6.12. The predicted octanol–water partition coefficient (Wildman–Crippen LogP) is -0.514. The maximum atomic E-state index is 11.7. The van der Waals surface area contributed by atoms with Crippen LogP contribution in [0, 0.1) is 0 Å². The van der Waals surface area contributed by atoms with Crippen molar-refractivity contribution in [3.05, 3.63) is 0 Å². The summed E-state index contributed by atoms with van der Waals surface area (Å²) in [5.41, 5.74) is 5.33. The number of carbonyl (C=O) groups excluding carboxylic acids is 1. The van der Waals surface area contributed by atoms with Crippen molar-refractivity contribution in [2.24, 2.45) is 5.73 Å². The lowest BCUT2D eigenvalue weighted by Crippen LogP contribution is -2.44. The van der Waals surface area contributed by atoms with Gasteiger partial charge in [-0.15, -0.1) is 0 Å². The van der Waals surface area contributed by atoms with E-state index < -0.39 is 27.8 Å². The predicted molar refractivity (Wildman–Crippen MR) is 64.4 cm³/mol. The lowest BCUT2D eigenvalue weighted by molar-refractivity contribution is -0.140. The Balaban J connectivity index is 4.67. The van der Waals surface area contributed by atoms with Gasteiger partial charge in [0.1, 0.15) is 0 Å². The highest BCUT2D eigenvalue weighted by Crippen LogP contribution is 2.05. The average molecular weight is 268 g/mol. The zero-order valence-electron chi connectivity index (χ0n) is 9.47. The third kappa shape index (κ3) is 4.42. The number of sulfonamides is 1. The molecule has 0 fully saturated rings. The van der Waals surface area contributed by atoms with Gasteiger partial charge in [0.15, 0.2) is 5.75 Å². The van der Waals surface area contributed by atoms with Gasteiger partial charge >= 0.3 is 5.97 Å². The van der Waals surface area contributed by atoms with E-state index in [0.29, 0.717) is 0 Å². The Morgan fingerprint density at radius 3 is 2.44 bits per heavy atom. The molecule has 6 nitrogen and oxygen atoms in total. The van der Waals surface area contributed by atoms with E-state index in [1.54, 1.807) is 13.8 Å². The van der Waals surface area contributed by atoms with Gasteiger partial charge in [-0.25, -0.2) is 8.42 Å². The fraction of sp³-hybridized carbons (Fsp3) is 0.750. The molecule has 0 aromatic heterocycles. The van der Waals surface area contributed by atoms with Crippen LogP contribution in [0.1, 0.15) is 13.8 Å². The van der Waals surface area contributed by atoms with Crippen LogP contribution in [0.15, 0.2) is 0 Å². The van der Waals surface area contributed by atoms with Gasteiger partial charge in [-0.3, -0.25) is 4.79 Å². The molecule has 0 aliphatic rings. The van der Waals surface area contributed by atoms with Crippen molar-refractivity contribution in [2.75, 3.05) is 19.4 Å². The number of thiocarbonyl (C=S) groups is 1. The van der Waals surface area contributed by atoms with Gasteiger partial charge in [0, 0.05) is 7.05 Å². The molecule has 1 atom stereocenters. The lowest BCUT2D eigenvalue weighted by Gasteiger charge is -2.22. The maximum absolute atomic E-state index is 11.7. The molecule has 0 saturated heterocycles. The largest absolute Gasteiger partial charge is 0.465 e. The van der Waals surface area contributed by atoms with Gasteiger partial charge in [-0.2, -0.15) is 4.31 Å². The molecule has 0 amide bonds. The number of carbonyl (C=O) groups is 1. The summed E-state index contributed by atoms with van der Waals surface area (Å²) in [6.45, 7) is 3.29. The molecule has 94 valence electrons. The average Bonchev–Trinajstić information content (AvgIpc) is 2.14. The molecule has 0 heterocycles. The summed E-state index contributed by atoms with van der Waals surface area (Å²) in [4.78, 5) is 11.1. The smallest absolute Gasteiger partial charge is 0.322 e. The molecule has 1 unspecified atom stereocenters. The van der Waals surface area contributed by atoms with E-state index in [9.17, 15) is 13.2 Å². The van der Waals surface area contributed by atoms with Crippen LogP contribution >= 0.6 is 12.2 Å². The molecule has 0 radical (unpaired) electrons. The first-order valence-corrected chi connectivity index (χ1v) is 6.64. The SMILES string of the molecule is CCOC(=O)CS(=O)(=O)N(C)C(C)C(N)=S. The summed E-state index contributed by atoms with van der Waals surface area (Å²) in [5.74, 6) is -1.49. The van der Waals surface area contributed by atoms with Crippen LogP contribution in [0.3, 0.4) is 0 Å². The number of ether oxygens (including phenoxy) is 1. The second-order valence-corrected chi connectivity index (χ2v) is 5.66. The Kier molecular flexibility index (Phi) is 5.84. The molecule has 0 spiro atoms. The lowest BCUT2D eigenvalue weighted by atomic mass is 10.3. The Labute approximate surface area is 101 Å². The summed E-state index contributed by atoms with van der Waals surface area (Å²) >= 11 is 4.68. The monoisotopic (exact) mass is 268 g/mol. The maximum Gasteiger partial charge on any atom is 0.322 e. The van der Waals surface area contributed by atoms with E-state index in [1.807, 2.05) is 0 Å². The van der Waals surface area contributed by atoms with Crippen LogP contribution in [-0.4, -0.2) is 49.1 Å². The van der Waals surface area contributed by atoms with Crippen LogP contribution in [0.5, 0.6) is 0 Å². The van der Waals surface area contributed by atoms with E-state index in [4.69, 9.17) is 5.73 Å². The topological polar surface area (TPSA) is 89.7 Å². The van der Waals surface area contributed by atoms with Gasteiger partial charge < -0.3 is 10.5 Å². The van der Waals surface area contributed by atoms with Gasteiger partial charge in [-0.05, 0) is 13.8 Å². The molecule has 0 rings (SSSR count). The third-order valence-electron chi connectivity index (χ3n) is 2.00. The highest BCUT2D eigenvalue weighted by molar-refractivity contribution is 7.89. The summed E-state index contributed by atoms with van der Waals surface area (Å²) < 4.78 is 28.9. The molecular weight excluding hydrogens is 252 g/mol. The summed E-state index contributed by atoms with van der Waals surface area (Å²) in [5, 5.41) is 0. The van der Waals surface area contributed by atoms with Crippen molar-refractivity contribution in [3.8, 4) is 0 Å². The van der Waals surface area contributed by atoms with Gasteiger partial charge in [0.2, 0.25) is 10.0 Å². The first kappa shape index (κ1) is 15.3. The molecule has 0 aliphatic carbocycles. The van der Waals surface area contributed by atoms with Crippen molar-refractivity contribution in [3.63, 3.8) is 0 Å². The van der Waals surface area contributed by atoms with E-state index in [-0.39, 0.29) is 11.6 Å². The number of hydrogen-bond acceptors (Lipinski definition) is 5. The van der Waals surface area contributed by atoms with Crippen molar-refractivity contribution in [1.29, 1.82) is 0 Å². The van der Waals surface area contributed by atoms with Crippen molar-refractivity contribution in [2.45, 2.75) is 19.9 Å². The van der Waals surface area contributed by atoms with E-state index >= 15 is 0 Å². The fourth-order valence-electron chi connectivity index (χ4n) is 0.873. The molecule has 0 aromatic carbocycles. The van der Waals surface area contributed by atoms with Crippen LogP contribution in [-0.2, 0) is 19.6 Å². The van der Waals surface area contributed by atoms with Crippen LogP contribution in [0.25, 0.3) is 0 Å². The quantitative estimate of drug-likeness (QED) is 0.515. The Hall–Kier alpha value is -0.730. The molecule has 0 aromatic rings. The van der Waals surface area contributed by atoms with Crippen molar-refractivity contribution in [1.82, 2.24) is 4.31 Å². The molecule has 0 saturated carbocycles. The zero-order valence-corrected chi connectivity index (χ0v) is 11.1. The van der Waals surface area contributed by atoms with E-state index in [0.717, 1.165) is 4.31 Å². The first-order chi connectivity index (χ1) is 7.22. The number of esters is 1. The van der Waals surface area contributed by atoms with Gasteiger partial charge in [-0.1, -0.05) is 12.2 Å². The molecule has 2 N–H and O–H groups in total. The minimum atomic E-state index is -3.73. The standard InChI is InChI=1S/C8H16N2O4S2/c1-4-14-7(11)5-16(12,13)10(3)6(2)8(9)15/h6H,4-5H2,1-3H3,(H2,9,15). The zero-order chi connectivity index (χ0) is 12.9. The van der Waals surface area contributed by atoms with Crippen molar-refractivity contribution < 1.29 is 17.9 Å². The molecule has 0 bridgehead atoms. The van der Waals surface area contributed by atoms with Gasteiger partial charge in [0.25, 0.3) is 0 Å². The van der Waals surface area contributed by atoms with Crippen molar-refractivity contribution >= 4 is 33.2 Å². The van der Waals surface area contributed by atoms with Gasteiger partial charge in [0.05, 0.1) is 17.6 Å². The molecular formula is C8H16N2O4S2. The Morgan fingerprint density at radius 1 is 1.56 bits per heavy atom. The number of likely N-dealkylation sites (N-methyl/N-ethyl adjacent to an activating group) is 1. The second-order valence-electron chi connectivity index (χ2n) is 3.16. The fourth-order valence-corrected chi connectivity index (χ4v) is 2.28. The number of nitrogens with two attached hydrogens (primary N) is 1. The van der Waals surface area contributed by atoms with E-state index in [1.165, 1.54) is 7.05 Å². The van der Waals surface area contributed by atoms with Crippen LogP contribution in [0.2, 0.25) is 0 Å². The first-order valence-electron chi connectivity index (χ1n) is 4.63. The number of hydrogen-bond donors (Lipinski definition) is 1. The Bertz CT molecular complexity index is 366. The van der Waals surface area contributed by atoms with E-state index in [2.05, 4.69) is 17.0 Å². The van der Waals surface area contributed by atoms with Crippen LogP contribution < -0.4 is 5.73 Å². The molecule has 16 heavy (non-hydrogen) atoms. The Morgan fingerprint density at radius 2 is 2.06 bits per heavy atom. The third-order valence-corrected chi connectivity index (χ3v) is 4.14. The minimum absolute atomic E-state index is 0.0509.